The van der Waals surface area contributed by atoms with Gasteiger partial charge in [0.25, 0.3) is 0 Å². The van der Waals surface area contributed by atoms with Crippen molar-refractivity contribution in [3.63, 3.8) is 0 Å². The van der Waals surface area contributed by atoms with Crippen molar-refractivity contribution in [1.29, 1.82) is 0 Å². The predicted molar refractivity (Wildman–Crippen MR) is 68.9 cm³/mol. The van der Waals surface area contributed by atoms with Crippen molar-refractivity contribution < 1.29 is 0 Å². The summed E-state index contributed by atoms with van der Waals surface area (Å²) >= 11 is 0. The fourth-order valence-electron chi connectivity index (χ4n) is 2.00. The van der Waals surface area contributed by atoms with Gasteiger partial charge in [-0.2, -0.15) is 5.10 Å². The SMILES string of the molecule is CCNCc1cccn1Cc1cc(C)nn1C. The fourth-order valence-corrected chi connectivity index (χ4v) is 2.00. The fraction of sp³-hybridized carbons (Fsp3) is 0.462. The molecule has 0 saturated carbocycles. The second-order valence-corrected chi connectivity index (χ2v) is 4.31. The number of hydrogen-bond acceptors (Lipinski definition) is 2. The average Bonchev–Trinajstić information content (AvgIpc) is 2.84. The Morgan fingerprint density at radius 3 is 2.82 bits per heavy atom. The number of aryl methyl sites for hydroxylation is 2. The molecular weight excluding hydrogens is 212 g/mol. The zero-order chi connectivity index (χ0) is 12.3. The van der Waals surface area contributed by atoms with Crippen molar-refractivity contribution in [1.82, 2.24) is 19.7 Å². The minimum Gasteiger partial charge on any atom is -0.344 e. The Kier molecular flexibility index (Phi) is 3.64. The minimum absolute atomic E-state index is 0.880. The molecule has 4 heteroatoms. The lowest BCUT2D eigenvalue weighted by atomic mass is 10.3. The van der Waals surface area contributed by atoms with Crippen LogP contribution in [-0.4, -0.2) is 20.9 Å². The van der Waals surface area contributed by atoms with E-state index in [2.05, 4.69) is 46.3 Å². The quantitative estimate of drug-likeness (QED) is 0.851. The van der Waals surface area contributed by atoms with E-state index in [1.165, 1.54) is 11.4 Å². The molecule has 0 aromatic carbocycles. The molecule has 0 aliphatic rings. The molecule has 0 atom stereocenters. The molecule has 2 rings (SSSR count). The van der Waals surface area contributed by atoms with Gasteiger partial charge in [-0.3, -0.25) is 4.68 Å². The first-order valence-electron chi connectivity index (χ1n) is 6.05. The van der Waals surface area contributed by atoms with Crippen LogP contribution < -0.4 is 5.32 Å². The number of nitrogens with zero attached hydrogens (tertiary/aromatic N) is 3. The van der Waals surface area contributed by atoms with Gasteiger partial charge < -0.3 is 9.88 Å². The number of aromatic nitrogens is 3. The van der Waals surface area contributed by atoms with Crippen LogP contribution in [0.4, 0.5) is 0 Å². The van der Waals surface area contributed by atoms with Crippen LogP contribution in [0.1, 0.15) is 24.0 Å². The van der Waals surface area contributed by atoms with Gasteiger partial charge in [0.2, 0.25) is 0 Å². The lowest BCUT2D eigenvalue weighted by Crippen LogP contribution is -2.16. The van der Waals surface area contributed by atoms with Crippen molar-refractivity contribution >= 4 is 0 Å². The normalized spacial score (nSPS) is 11.0. The summed E-state index contributed by atoms with van der Waals surface area (Å²) in [5, 5.41) is 7.72. The van der Waals surface area contributed by atoms with Gasteiger partial charge in [-0.25, -0.2) is 0 Å². The number of hydrogen-bond donors (Lipinski definition) is 1. The van der Waals surface area contributed by atoms with Crippen LogP contribution in [0.5, 0.6) is 0 Å². The first-order valence-corrected chi connectivity index (χ1v) is 6.05. The summed E-state index contributed by atoms with van der Waals surface area (Å²) in [6.45, 7) is 6.94. The Balaban J connectivity index is 2.13. The molecule has 0 radical (unpaired) electrons. The third kappa shape index (κ3) is 2.77. The van der Waals surface area contributed by atoms with E-state index in [-0.39, 0.29) is 0 Å². The van der Waals surface area contributed by atoms with Crippen LogP contribution in [0, 0.1) is 6.92 Å². The second-order valence-electron chi connectivity index (χ2n) is 4.31. The standard InChI is InChI=1S/C13H20N4/c1-4-14-9-12-6-5-7-17(12)10-13-8-11(2)15-16(13)3/h5-8,14H,4,9-10H2,1-3H3. The molecule has 0 fully saturated rings. The van der Waals surface area contributed by atoms with Crippen molar-refractivity contribution in [2.24, 2.45) is 7.05 Å². The molecule has 0 aliphatic carbocycles. The highest BCUT2D eigenvalue weighted by Crippen LogP contribution is 2.08. The first kappa shape index (κ1) is 11.9. The molecule has 0 spiro atoms. The van der Waals surface area contributed by atoms with Gasteiger partial charge in [0.1, 0.15) is 0 Å². The Morgan fingerprint density at radius 1 is 1.35 bits per heavy atom. The van der Waals surface area contributed by atoms with Crippen molar-refractivity contribution in [3.8, 4) is 0 Å². The Bertz CT molecular complexity index is 481. The largest absolute Gasteiger partial charge is 0.344 e. The van der Waals surface area contributed by atoms with Crippen LogP contribution >= 0.6 is 0 Å². The van der Waals surface area contributed by atoms with Gasteiger partial charge in [-0.05, 0) is 31.7 Å². The van der Waals surface area contributed by atoms with Crippen molar-refractivity contribution in [3.05, 3.63) is 41.5 Å². The highest BCUT2D eigenvalue weighted by atomic mass is 15.3. The van der Waals surface area contributed by atoms with E-state index in [1.807, 2.05) is 18.7 Å². The van der Waals surface area contributed by atoms with Crippen LogP contribution in [0.25, 0.3) is 0 Å². The maximum atomic E-state index is 4.37. The summed E-state index contributed by atoms with van der Waals surface area (Å²) in [5.41, 5.74) is 3.62. The van der Waals surface area contributed by atoms with E-state index in [0.717, 1.165) is 25.3 Å². The molecular formula is C13H20N4. The monoisotopic (exact) mass is 232 g/mol. The lowest BCUT2D eigenvalue weighted by molar-refractivity contribution is 0.622. The maximum absolute atomic E-state index is 4.37. The molecule has 2 aromatic rings. The van der Waals surface area contributed by atoms with Crippen molar-refractivity contribution in [2.75, 3.05) is 6.54 Å². The zero-order valence-electron chi connectivity index (χ0n) is 10.8. The molecule has 0 aliphatic heterocycles. The summed E-state index contributed by atoms with van der Waals surface area (Å²) in [4.78, 5) is 0. The van der Waals surface area contributed by atoms with Gasteiger partial charge in [0.05, 0.1) is 17.9 Å². The molecule has 1 N–H and O–H groups in total. The summed E-state index contributed by atoms with van der Waals surface area (Å²) in [6.07, 6.45) is 2.12. The number of rotatable bonds is 5. The van der Waals surface area contributed by atoms with Crippen LogP contribution in [0.2, 0.25) is 0 Å². The van der Waals surface area contributed by atoms with Crippen LogP contribution in [0.15, 0.2) is 24.4 Å². The van der Waals surface area contributed by atoms with Gasteiger partial charge in [-0.15, -0.1) is 0 Å². The Labute approximate surface area is 102 Å². The molecule has 2 heterocycles. The van der Waals surface area contributed by atoms with Gasteiger partial charge in [-0.1, -0.05) is 6.92 Å². The van der Waals surface area contributed by atoms with Gasteiger partial charge in [0.15, 0.2) is 0 Å². The first-order chi connectivity index (χ1) is 8.20. The lowest BCUT2D eigenvalue weighted by Gasteiger charge is -2.09. The molecule has 0 bridgehead atoms. The van der Waals surface area contributed by atoms with E-state index in [9.17, 15) is 0 Å². The smallest absolute Gasteiger partial charge is 0.0642 e. The third-order valence-electron chi connectivity index (χ3n) is 2.91. The minimum atomic E-state index is 0.880. The average molecular weight is 232 g/mol. The molecule has 17 heavy (non-hydrogen) atoms. The van der Waals surface area contributed by atoms with E-state index < -0.39 is 0 Å². The molecule has 2 aromatic heterocycles. The highest BCUT2D eigenvalue weighted by Gasteiger charge is 2.05. The van der Waals surface area contributed by atoms with E-state index in [4.69, 9.17) is 0 Å². The van der Waals surface area contributed by atoms with Crippen LogP contribution in [0.3, 0.4) is 0 Å². The second kappa shape index (κ2) is 5.19. The molecule has 4 nitrogen and oxygen atoms in total. The summed E-state index contributed by atoms with van der Waals surface area (Å²) in [5.74, 6) is 0. The maximum Gasteiger partial charge on any atom is 0.0642 e. The van der Waals surface area contributed by atoms with E-state index in [1.54, 1.807) is 0 Å². The molecule has 0 unspecified atom stereocenters. The van der Waals surface area contributed by atoms with E-state index >= 15 is 0 Å². The number of nitrogens with one attached hydrogen (secondary N) is 1. The highest BCUT2D eigenvalue weighted by molar-refractivity contribution is 5.13. The van der Waals surface area contributed by atoms with Crippen molar-refractivity contribution in [2.45, 2.75) is 26.9 Å². The van der Waals surface area contributed by atoms with Gasteiger partial charge in [0, 0.05) is 25.5 Å². The summed E-state index contributed by atoms with van der Waals surface area (Å²) < 4.78 is 4.21. The third-order valence-corrected chi connectivity index (χ3v) is 2.91. The predicted octanol–water partition coefficient (Wildman–Crippen LogP) is 1.69. The topological polar surface area (TPSA) is 34.8 Å². The summed E-state index contributed by atoms with van der Waals surface area (Å²) in [6, 6.07) is 6.39. The summed E-state index contributed by atoms with van der Waals surface area (Å²) in [7, 11) is 2.00. The molecule has 92 valence electrons. The zero-order valence-corrected chi connectivity index (χ0v) is 10.8. The van der Waals surface area contributed by atoms with E-state index in [0.29, 0.717) is 0 Å². The molecule has 0 saturated heterocycles. The Morgan fingerprint density at radius 2 is 2.18 bits per heavy atom. The van der Waals surface area contributed by atoms with Crippen LogP contribution in [-0.2, 0) is 20.1 Å². The molecule has 0 amide bonds. The van der Waals surface area contributed by atoms with Gasteiger partial charge >= 0.3 is 0 Å². The Hall–Kier alpha value is -1.55.